The quantitative estimate of drug-likeness (QED) is 0.825. The number of hydrogen-bond donors (Lipinski definition) is 2. The summed E-state index contributed by atoms with van der Waals surface area (Å²) in [6.45, 7) is 5.36. The van der Waals surface area contributed by atoms with E-state index in [4.69, 9.17) is 0 Å². The maximum atomic E-state index is 11.9. The first-order chi connectivity index (χ1) is 9.70. The summed E-state index contributed by atoms with van der Waals surface area (Å²) in [6, 6.07) is 4.04. The zero-order valence-electron chi connectivity index (χ0n) is 13.2. The molecule has 7 heteroatoms. The molecule has 5 nitrogen and oxygen atoms in total. The number of hydrogen-bond acceptors (Lipinski definition) is 4. The van der Waals surface area contributed by atoms with E-state index in [9.17, 15) is 4.79 Å². The van der Waals surface area contributed by atoms with Crippen molar-refractivity contribution in [2.24, 2.45) is 5.92 Å². The minimum absolute atomic E-state index is 0. The summed E-state index contributed by atoms with van der Waals surface area (Å²) in [7, 11) is 1.86. The number of amides is 1. The lowest BCUT2D eigenvalue weighted by Crippen LogP contribution is -2.33. The van der Waals surface area contributed by atoms with Gasteiger partial charge in [0.2, 0.25) is 5.91 Å². The van der Waals surface area contributed by atoms with Gasteiger partial charge in [-0.25, -0.2) is 4.98 Å². The summed E-state index contributed by atoms with van der Waals surface area (Å²) in [5.74, 6) is 1.09. The number of nitrogens with one attached hydrogen (secondary N) is 2. The van der Waals surface area contributed by atoms with Gasteiger partial charge in [0.25, 0.3) is 0 Å². The summed E-state index contributed by atoms with van der Waals surface area (Å²) in [5.41, 5.74) is 1.10. The average Bonchev–Trinajstić information content (AvgIpc) is 2.99. The van der Waals surface area contributed by atoms with Gasteiger partial charge in [0.1, 0.15) is 5.82 Å². The van der Waals surface area contributed by atoms with Crippen molar-refractivity contribution in [3.05, 3.63) is 23.9 Å². The van der Waals surface area contributed by atoms with E-state index in [0.717, 1.165) is 24.5 Å². The third-order valence-electron chi connectivity index (χ3n) is 3.66. The maximum Gasteiger partial charge on any atom is 0.224 e. The lowest BCUT2D eigenvalue weighted by molar-refractivity contribution is -0.124. The van der Waals surface area contributed by atoms with Crippen molar-refractivity contribution in [1.29, 1.82) is 0 Å². The summed E-state index contributed by atoms with van der Waals surface area (Å²) in [6.07, 6.45) is 4.31. The van der Waals surface area contributed by atoms with Crippen LogP contribution in [0.2, 0.25) is 0 Å². The summed E-state index contributed by atoms with van der Waals surface area (Å²) >= 11 is 0. The van der Waals surface area contributed by atoms with Gasteiger partial charge in [-0.3, -0.25) is 4.79 Å². The molecule has 1 aliphatic heterocycles. The Labute approximate surface area is 145 Å². The molecule has 1 aliphatic rings. The Hall–Kier alpha value is -1.04. The van der Waals surface area contributed by atoms with E-state index < -0.39 is 0 Å². The van der Waals surface area contributed by atoms with Gasteiger partial charge >= 0.3 is 0 Å². The number of halogens is 2. The fourth-order valence-corrected chi connectivity index (χ4v) is 2.45. The highest BCUT2D eigenvalue weighted by Gasteiger charge is 2.14. The van der Waals surface area contributed by atoms with Gasteiger partial charge < -0.3 is 15.5 Å². The van der Waals surface area contributed by atoms with Crippen LogP contribution in [0.15, 0.2) is 18.3 Å². The lowest BCUT2D eigenvalue weighted by Gasteiger charge is -2.17. The van der Waals surface area contributed by atoms with E-state index in [2.05, 4.69) is 26.6 Å². The van der Waals surface area contributed by atoms with Crippen LogP contribution in [0.3, 0.4) is 0 Å². The molecule has 0 aliphatic carbocycles. The number of aromatic nitrogens is 1. The number of rotatable bonds is 6. The zero-order valence-corrected chi connectivity index (χ0v) is 14.8. The van der Waals surface area contributed by atoms with Crippen LogP contribution in [0.25, 0.3) is 0 Å². The van der Waals surface area contributed by atoms with Crippen LogP contribution >= 0.6 is 24.8 Å². The molecule has 126 valence electrons. The monoisotopic (exact) mass is 348 g/mol. The summed E-state index contributed by atoms with van der Waals surface area (Å²) in [4.78, 5) is 18.6. The van der Waals surface area contributed by atoms with Crippen LogP contribution in [0.1, 0.15) is 25.3 Å². The van der Waals surface area contributed by atoms with Crippen molar-refractivity contribution >= 4 is 36.5 Å². The van der Waals surface area contributed by atoms with E-state index in [1.807, 2.05) is 26.2 Å². The Morgan fingerprint density at radius 3 is 2.68 bits per heavy atom. The lowest BCUT2D eigenvalue weighted by atomic mass is 10.1. The summed E-state index contributed by atoms with van der Waals surface area (Å²) in [5, 5.41) is 5.99. The van der Waals surface area contributed by atoms with Gasteiger partial charge in [0.05, 0.1) is 0 Å². The third-order valence-corrected chi connectivity index (χ3v) is 3.66. The van der Waals surface area contributed by atoms with Crippen molar-refractivity contribution in [2.45, 2.75) is 26.3 Å². The first kappa shape index (κ1) is 21.0. The SMILES string of the molecule is CNCC(C)C(=O)NCc1ccnc(N2CCCC2)c1.Cl.Cl. The molecule has 1 atom stereocenters. The number of carbonyl (C=O) groups excluding carboxylic acids is 1. The third kappa shape index (κ3) is 5.99. The van der Waals surface area contributed by atoms with E-state index in [1.54, 1.807) is 0 Å². The first-order valence-electron chi connectivity index (χ1n) is 7.33. The molecular formula is C15H26Cl2N4O. The Balaban J connectivity index is 0.00000220. The molecule has 1 fully saturated rings. The molecule has 1 saturated heterocycles. The highest BCUT2D eigenvalue weighted by atomic mass is 35.5. The smallest absolute Gasteiger partial charge is 0.224 e. The van der Waals surface area contributed by atoms with Crippen molar-refractivity contribution in [2.75, 3.05) is 31.6 Å². The number of pyridine rings is 1. The van der Waals surface area contributed by atoms with Crippen molar-refractivity contribution < 1.29 is 4.79 Å². The minimum atomic E-state index is -0.0140. The van der Waals surface area contributed by atoms with Gasteiger partial charge in [-0.15, -0.1) is 24.8 Å². The molecule has 0 saturated carbocycles. The predicted molar refractivity (Wildman–Crippen MR) is 95.1 cm³/mol. The van der Waals surface area contributed by atoms with Gasteiger partial charge in [-0.1, -0.05) is 6.92 Å². The van der Waals surface area contributed by atoms with E-state index in [1.165, 1.54) is 12.8 Å². The Morgan fingerprint density at radius 2 is 2.05 bits per heavy atom. The second kappa shape index (κ2) is 10.6. The fraction of sp³-hybridized carbons (Fsp3) is 0.600. The Morgan fingerprint density at radius 1 is 1.36 bits per heavy atom. The van der Waals surface area contributed by atoms with Crippen LogP contribution in [0.5, 0.6) is 0 Å². The maximum absolute atomic E-state index is 11.9. The molecule has 2 rings (SSSR count). The fourth-order valence-electron chi connectivity index (χ4n) is 2.45. The topological polar surface area (TPSA) is 57.3 Å². The van der Waals surface area contributed by atoms with Gasteiger partial charge in [-0.2, -0.15) is 0 Å². The highest BCUT2D eigenvalue weighted by Crippen LogP contribution is 2.18. The van der Waals surface area contributed by atoms with E-state index >= 15 is 0 Å². The largest absolute Gasteiger partial charge is 0.357 e. The molecule has 1 aromatic heterocycles. The molecule has 2 N–H and O–H groups in total. The highest BCUT2D eigenvalue weighted by molar-refractivity contribution is 5.85. The molecule has 0 bridgehead atoms. The van der Waals surface area contributed by atoms with Crippen molar-refractivity contribution in [1.82, 2.24) is 15.6 Å². The predicted octanol–water partition coefficient (Wildman–Crippen LogP) is 2.00. The minimum Gasteiger partial charge on any atom is -0.357 e. The second-order valence-corrected chi connectivity index (χ2v) is 5.39. The molecule has 1 amide bonds. The molecular weight excluding hydrogens is 323 g/mol. The molecule has 22 heavy (non-hydrogen) atoms. The number of anilines is 1. The van der Waals surface area contributed by atoms with Gasteiger partial charge in [-0.05, 0) is 37.6 Å². The zero-order chi connectivity index (χ0) is 14.4. The Bertz CT molecular complexity index is 453. The number of nitrogens with zero attached hydrogens (tertiary/aromatic N) is 2. The molecule has 0 spiro atoms. The van der Waals surface area contributed by atoms with E-state index in [0.29, 0.717) is 13.1 Å². The standard InChI is InChI=1S/C15H24N4O.2ClH/c1-12(10-16-2)15(20)18-11-13-5-6-17-14(9-13)19-7-3-4-8-19;;/h5-6,9,12,16H,3-4,7-8,10-11H2,1-2H3,(H,18,20);2*1H. The summed E-state index contributed by atoms with van der Waals surface area (Å²) < 4.78 is 0. The Kier molecular flexibility index (Phi) is 10.1. The molecule has 1 unspecified atom stereocenters. The molecule has 1 aromatic rings. The first-order valence-corrected chi connectivity index (χ1v) is 7.33. The molecule has 0 aromatic carbocycles. The second-order valence-electron chi connectivity index (χ2n) is 5.39. The van der Waals surface area contributed by atoms with Crippen LogP contribution < -0.4 is 15.5 Å². The average molecular weight is 349 g/mol. The van der Waals surface area contributed by atoms with Gasteiger partial charge in [0.15, 0.2) is 0 Å². The molecule has 2 heterocycles. The van der Waals surface area contributed by atoms with Crippen LogP contribution in [-0.2, 0) is 11.3 Å². The normalized spacial score (nSPS) is 14.7. The van der Waals surface area contributed by atoms with Crippen molar-refractivity contribution in [3.8, 4) is 0 Å². The van der Waals surface area contributed by atoms with Crippen LogP contribution in [-0.4, -0.2) is 37.6 Å². The van der Waals surface area contributed by atoms with Gasteiger partial charge in [0, 0.05) is 38.3 Å². The number of carbonyl (C=O) groups is 1. The molecule has 0 radical (unpaired) electrons. The van der Waals surface area contributed by atoms with Crippen LogP contribution in [0, 0.1) is 5.92 Å². The van der Waals surface area contributed by atoms with Crippen LogP contribution in [0.4, 0.5) is 5.82 Å². The van der Waals surface area contributed by atoms with E-state index in [-0.39, 0.29) is 36.6 Å². The van der Waals surface area contributed by atoms with Crippen molar-refractivity contribution in [3.63, 3.8) is 0 Å².